The number of rotatable bonds is 8. The highest BCUT2D eigenvalue weighted by Gasteiger charge is 2.34. The van der Waals surface area contributed by atoms with Gasteiger partial charge in [-0.2, -0.15) is 0 Å². The molecule has 1 aliphatic heterocycles. The molecule has 154 valence electrons. The van der Waals surface area contributed by atoms with Gasteiger partial charge in [0.15, 0.2) is 11.5 Å². The first-order chi connectivity index (χ1) is 14.0. The summed E-state index contributed by atoms with van der Waals surface area (Å²) in [4.78, 5) is 26.8. The van der Waals surface area contributed by atoms with E-state index in [0.29, 0.717) is 36.7 Å². The number of hydrogen-bond acceptors (Lipinski definition) is 5. The average Bonchev–Trinajstić information content (AvgIpc) is 3.13. The van der Waals surface area contributed by atoms with E-state index in [-0.39, 0.29) is 24.2 Å². The Kier molecular flexibility index (Phi) is 6.59. The Balaban J connectivity index is 1.59. The lowest BCUT2D eigenvalue weighted by atomic mass is 10.1. The maximum Gasteiger partial charge on any atom is 0.229 e. The summed E-state index contributed by atoms with van der Waals surface area (Å²) < 4.78 is 15.8. The van der Waals surface area contributed by atoms with Gasteiger partial charge in [0, 0.05) is 31.3 Å². The van der Waals surface area contributed by atoms with Crippen LogP contribution in [0.3, 0.4) is 0 Å². The maximum atomic E-state index is 12.7. The molecule has 29 heavy (non-hydrogen) atoms. The van der Waals surface area contributed by atoms with Gasteiger partial charge in [-0.15, -0.1) is 0 Å². The molecular weight excluding hydrogens is 372 g/mol. The number of amides is 2. The van der Waals surface area contributed by atoms with Crippen molar-refractivity contribution in [2.24, 2.45) is 5.92 Å². The molecule has 1 heterocycles. The van der Waals surface area contributed by atoms with E-state index in [4.69, 9.17) is 14.2 Å². The Morgan fingerprint density at radius 2 is 1.76 bits per heavy atom. The second-order valence-electron chi connectivity index (χ2n) is 6.86. The van der Waals surface area contributed by atoms with Crippen LogP contribution < -0.4 is 19.5 Å². The zero-order valence-electron chi connectivity index (χ0n) is 16.9. The number of benzene rings is 2. The number of anilines is 1. The van der Waals surface area contributed by atoms with Gasteiger partial charge in [-0.05, 0) is 30.2 Å². The van der Waals surface area contributed by atoms with Crippen LogP contribution in [0.5, 0.6) is 17.2 Å². The van der Waals surface area contributed by atoms with Gasteiger partial charge in [0.05, 0.1) is 27.2 Å². The molecule has 1 atom stereocenters. The van der Waals surface area contributed by atoms with E-state index in [2.05, 4.69) is 5.32 Å². The minimum Gasteiger partial charge on any atom is -0.496 e. The van der Waals surface area contributed by atoms with Crippen molar-refractivity contribution in [3.8, 4) is 17.2 Å². The molecule has 1 unspecified atom stereocenters. The molecule has 1 aliphatic rings. The number of nitrogens with one attached hydrogen (secondary N) is 1. The van der Waals surface area contributed by atoms with Crippen molar-refractivity contribution in [2.45, 2.75) is 12.8 Å². The first-order valence-electron chi connectivity index (χ1n) is 9.48. The van der Waals surface area contributed by atoms with E-state index in [1.807, 2.05) is 24.3 Å². The standard InChI is InChI=1S/C22H26N2O5/c1-27-18-7-5-4-6-15(18)10-11-24-14-16(12-21(24)25)22(26)23-17-8-9-19(28-2)20(13-17)29-3/h4-9,13,16H,10-12,14H2,1-3H3,(H,23,26). The summed E-state index contributed by atoms with van der Waals surface area (Å²) in [5.74, 6) is 1.36. The van der Waals surface area contributed by atoms with E-state index in [1.165, 1.54) is 0 Å². The predicted molar refractivity (Wildman–Crippen MR) is 110 cm³/mol. The summed E-state index contributed by atoms with van der Waals surface area (Å²) in [7, 11) is 4.73. The first kappa shape index (κ1) is 20.5. The quantitative estimate of drug-likeness (QED) is 0.740. The lowest BCUT2D eigenvalue weighted by molar-refractivity contribution is -0.128. The highest BCUT2D eigenvalue weighted by molar-refractivity contribution is 5.97. The van der Waals surface area contributed by atoms with Crippen molar-refractivity contribution >= 4 is 17.5 Å². The van der Waals surface area contributed by atoms with Crippen LogP contribution in [0.15, 0.2) is 42.5 Å². The zero-order valence-corrected chi connectivity index (χ0v) is 16.9. The van der Waals surface area contributed by atoms with Gasteiger partial charge < -0.3 is 24.4 Å². The second-order valence-corrected chi connectivity index (χ2v) is 6.86. The highest BCUT2D eigenvalue weighted by atomic mass is 16.5. The molecule has 1 saturated heterocycles. The van der Waals surface area contributed by atoms with Gasteiger partial charge >= 0.3 is 0 Å². The summed E-state index contributed by atoms with van der Waals surface area (Å²) in [6.45, 7) is 0.965. The van der Waals surface area contributed by atoms with E-state index < -0.39 is 0 Å². The van der Waals surface area contributed by atoms with Gasteiger partial charge in [0.1, 0.15) is 5.75 Å². The molecule has 2 aromatic carbocycles. The fraction of sp³-hybridized carbons (Fsp3) is 0.364. The van der Waals surface area contributed by atoms with Crippen molar-refractivity contribution in [1.29, 1.82) is 0 Å². The molecule has 0 aromatic heterocycles. The summed E-state index contributed by atoms with van der Waals surface area (Å²) >= 11 is 0. The van der Waals surface area contributed by atoms with Crippen LogP contribution in [0.1, 0.15) is 12.0 Å². The van der Waals surface area contributed by atoms with Crippen molar-refractivity contribution in [3.05, 3.63) is 48.0 Å². The Hall–Kier alpha value is -3.22. The van der Waals surface area contributed by atoms with Crippen LogP contribution in [0.2, 0.25) is 0 Å². The molecule has 0 spiro atoms. The van der Waals surface area contributed by atoms with Gasteiger partial charge in [-0.3, -0.25) is 9.59 Å². The van der Waals surface area contributed by atoms with Gasteiger partial charge in [-0.1, -0.05) is 18.2 Å². The monoisotopic (exact) mass is 398 g/mol. The smallest absolute Gasteiger partial charge is 0.229 e. The number of ether oxygens (including phenoxy) is 3. The number of para-hydroxylation sites is 1. The normalized spacial score (nSPS) is 15.9. The van der Waals surface area contributed by atoms with Crippen LogP contribution in [-0.2, 0) is 16.0 Å². The van der Waals surface area contributed by atoms with E-state index in [0.717, 1.165) is 11.3 Å². The Morgan fingerprint density at radius 3 is 2.48 bits per heavy atom. The van der Waals surface area contributed by atoms with Gasteiger partial charge in [0.25, 0.3) is 0 Å². The molecule has 1 N–H and O–H groups in total. The Bertz CT molecular complexity index is 883. The Labute approximate surface area is 170 Å². The fourth-order valence-corrected chi connectivity index (χ4v) is 3.49. The third kappa shape index (κ3) is 4.80. The molecule has 3 rings (SSSR count). The summed E-state index contributed by atoms with van der Waals surface area (Å²) in [6, 6.07) is 12.9. The molecular formula is C22H26N2O5. The van der Waals surface area contributed by atoms with Crippen LogP contribution in [0, 0.1) is 5.92 Å². The minimum atomic E-state index is -0.381. The summed E-state index contributed by atoms with van der Waals surface area (Å²) in [5.41, 5.74) is 1.65. The first-order valence-corrected chi connectivity index (χ1v) is 9.48. The van der Waals surface area contributed by atoms with Crippen molar-refractivity contribution in [3.63, 3.8) is 0 Å². The third-order valence-electron chi connectivity index (χ3n) is 5.08. The van der Waals surface area contributed by atoms with Crippen molar-refractivity contribution in [1.82, 2.24) is 4.90 Å². The second kappa shape index (κ2) is 9.32. The van der Waals surface area contributed by atoms with E-state index in [9.17, 15) is 9.59 Å². The third-order valence-corrected chi connectivity index (χ3v) is 5.08. The topological polar surface area (TPSA) is 77.1 Å². The lowest BCUT2D eigenvalue weighted by Crippen LogP contribution is -2.30. The molecule has 2 amide bonds. The van der Waals surface area contributed by atoms with Crippen LogP contribution in [0.25, 0.3) is 0 Å². The maximum absolute atomic E-state index is 12.7. The summed E-state index contributed by atoms with van der Waals surface area (Å²) in [6.07, 6.45) is 0.894. The molecule has 0 bridgehead atoms. The number of likely N-dealkylation sites (tertiary alicyclic amines) is 1. The van der Waals surface area contributed by atoms with E-state index >= 15 is 0 Å². The van der Waals surface area contributed by atoms with E-state index in [1.54, 1.807) is 44.4 Å². The molecule has 0 radical (unpaired) electrons. The lowest BCUT2D eigenvalue weighted by Gasteiger charge is -2.17. The number of nitrogens with zero attached hydrogens (tertiary/aromatic N) is 1. The van der Waals surface area contributed by atoms with Gasteiger partial charge in [0.2, 0.25) is 11.8 Å². The molecule has 7 heteroatoms. The molecule has 2 aromatic rings. The van der Waals surface area contributed by atoms with Crippen molar-refractivity contribution < 1.29 is 23.8 Å². The minimum absolute atomic E-state index is 0.00707. The number of methoxy groups -OCH3 is 3. The number of hydrogen-bond donors (Lipinski definition) is 1. The molecule has 7 nitrogen and oxygen atoms in total. The van der Waals surface area contributed by atoms with Gasteiger partial charge in [-0.25, -0.2) is 0 Å². The molecule has 0 saturated carbocycles. The van der Waals surface area contributed by atoms with Crippen molar-refractivity contribution in [2.75, 3.05) is 39.7 Å². The SMILES string of the molecule is COc1ccccc1CCN1CC(C(=O)Nc2ccc(OC)c(OC)c2)CC1=O. The average molecular weight is 398 g/mol. The number of carbonyl (C=O) groups excluding carboxylic acids is 2. The van der Waals surface area contributed by atoms with Crippen LogP contribution >= 0.6 is 0 Å². The predicted octanol–water partition coefficient (Wildman–Crippen LogP) is 2.74. The Morgan fingerprint density at radius 1 is 1.03 bits per heavy atom. The molecule has 0 aliphatic carbocycles. The zero-order chi connectivity index (χ0) is 20.8. The number of carbonyl (C=O) groups is 2. The molecule has 1 fully saturated rings. The summed E-state index contributed by atoms with van der Waals surface area (Å²) in [5, 5.41) is 2.87. The van der Waals surface area contributed by atoms with Crippen LogP contribution in [0.4, 0.5) is 5.69 Å². The largest absolute Gasteiger partial charge is 0.496 e. The fourth-order valence-electron chi connectivity index (χ4n) is 3.49. The highest BCUT2D eigenvalue weighted by Crippen LogP contribution is 2.30. The van der Waals surface area contributed by atoms with Crippen LogP contribution in [-0.4, -0.2) is 51.1 Å².